The van der Waals surface area contributed by atoms with E-state index < -0.39 is 0 Å². The van der Waals surface area contributed by atoms with Crippen LogP contribution in [-0.4, -0.2) is 62.7 Å². The van der Waals surface area contributed by atoms with Crippen LogP contribution in [0.15, 0.2) is 27.7 Å². The lowest BCUT2D eigenvalue weighted by Gasteiger charge is -2.26. The lowest BCUT2D eigenvalue weighted by atomic mass is 10.2. The average Bonchev–Trinajstić information content (AvgIpc) is 2.62. The third-order valence-corrected chi connectivity index (χ3v) is 4.63. The van der Waals surface area contributed by atoms with Gasteiger partial charge in [0.1, 0.15) is 0 Å². The molecule has 0 atom stereocenters. The van der Waals surface area contributed by atoms with Gasteiger partial charge in [-0.3, -0.25) is 14.7 Å². The van der Waals surface area contributed by atoms with Crippen molar-refractivity contribution in [3.63, 3.8) is 0 Å². The molecule has 0 unspecified atom stereocenters. The predicted octanol–water partition coefficient (Wildman–Crippen LogP) is 2.33. The van der Waals surface area contributed by atoms with E-state index in [1.807, 2.05) is 25.1 Å². The second kappa shape index (κ2) is 13.3. The predicted molar refractivity (Wildman–Crippen MR) is 124 cm³/mol. The summed E-state index contributed by atoms with van der Waals surface area (Å²) in [6, 6.07) is 5.76. The van der Waals surface area contributed by atoms with Crippen LogP contribution in [0.25, 0.3) is 0 Å². The van der Waals surface area contributed by atoms with Crippen LogP contribution in [0.5, 0.6) is 0 Å². The molecule has 1 aliphatic heterocycles. The van der Waals surface area contributed by atoms with E-state index in [-0.39, 0.29) is 29.9 Å². The number of anilines is 1. The van der Waals surface area contributed by atoms with Gasteiger partial charge in [-0.2, -0.15) is 0 Å². The third kappa shape index (κ3) is 9.72. The van der Waals surface area contributed by atoms with Gasteiger partial charge in [0.15, 0.2) is 5.96 Å². The highest BCUT2D eigenvalue weighted by atomic mass is 127. The number of hydrogen-bond acceptors (Lipinski definition) is 4. The van der Waals surface area contributed by atoms with Crippen LogP contribution in [0.2, 0.25) is 0 Å². The van der Waals surface area contributed by atoms with E-state index in [1.165, 1.54) is 0 Å². The van der Waals surface area contributed by atoms with Gasteiger partial charge in [-0.15, -0.1) is 24.0 Å². The van der Waals surface area contributed by atoms with Crippen molar-refractivity contribution in [3.05, 3.63) is 28.2 Å². The number of amides is 1. The molecular weight excluding hydrogens is 525 g/mol. The quantitative estimate of drug-likeness (QED) is 0.199. The lowest BCUT2D eigenvalue weighted by Crippen LogP contribution is -2.37. The highest BCUT2D eigenvalue weighted by Crippen LogP contribution is 2.19. The summed E-state index contributed by atoms with van der Waals surface area (Å²) in [4.78, 5) is 18.7. The summed E-state index contributed by atoms with van der Waals surface area (Å²) in [5.41, 5.74) is 7.68. The first-order valence-electron chi connectivity index (χ1n) is 8.94. The molecule has 0 bridgehead atoms. The lowest BCUT2D eigenvalue weighted by molar-refractivity contribution is -0.116. The van der Waals surface area contributed by atoms with Crippen molar-refractivity contribution in [2.24, 2.45) is 10.7 Å². The van der Waals surface area contributed by atoms with Gasteiger partial charge in [0.05, 0.1) is 13.2 Å². The molecule has 1 saturated heterocycles. The summed E-state index contributed by atoms with van der Waals surface area (Å²) in [6.07, 6.45) is 1.30. The maximum Gasteiger partial charge on any atom is 0.226 e. The Labute approximate surface area is 186 Å². The number of aryl methyl sites for hydroxylation is 1. The minimum Gasteiger partial charge on any atom is -0.379 e. The van der Waals surface area contributed by atoms with Crippen molar-refractivity contribution < 1.29 is 9.53 Å². The summed E-state index contributed by atoms with van der Waals surface area (Å²) in [5, 5.41) is 5.89. The van der Waals surface area contributed by atoms with E-state index in [1.54, 1.807) is 0 Å². The van der Waals surface area contributed by atoms with Crippen LogP contribution in [-0.2, 0) is 9.53 Å². The molecule has 1 aromatic carbocycles. The topological polar surface area (TPSA) is 92.0 Å². The van der Waals surface area contributed by atoms with E-state index in [2.05, 4.69) is 36.5 Å². The SMILES string of the molecule is Cc1cc(Br)ccc1NC(=O)CCNC(N)=NCCCN1CCOCC1.I. The number of carbonyl (C=O) groups is 1. The van der Waals surface area contributed by atoms with Crippen LogP contribution >= 0.6 is 39.9 Å². The fraction of sp³-hybridized carbons (Fsp3) is 0.556. The average molecular weight is 554 g/mol. The first-order valence-corrected chi connectivity index (χ1v) is 9.74. The van der Waals surface area contributed by atoms with Crippen molar-refractivity contribution >= 4 is 57.5 Å². The number of nitrogens with one attached hydrogen (secondary N) is 2. The Balaban J connectivity index is 0.00000364. The maximum atomic E-state index is 12.0. The Bertz CT molecular complexity index is 624. The number of guanidine groups is 1. The molecule has 0 aliphatic carbocycles. The minimum absolute atomic E-state index is 0. The third-order valence-electron chi connectivity index (χ3n) is 4.14. The van der Waals surface area contributed by atoms with E-state index >= 15 is 0 Å². The van der Waals surface area contributed by atoms with Crippen molar-refractivity contribution in [2.75, 3.05) is 51.3 Å². The summed E-state index contributed by atoms with van der Waals surface area (Å²) in [7, 11) is 0. The fourth-order valence-electron chi connectivity index (χ4n) is 2.66. The second-order valence-electron chi connectivity index (χ2n) is 6.26. The van der Waals surface area contributed by atoms with Crippen molar-refractivity contribution in [2.45, 2.75) is 19.8 Å². The molecule has 1 aromatic rings. The maximum absolute atomic E-state index is 12.0. The van der Waals surface area contributed by atoms with Crippen LogP contribution < -0.4 is 16.4 Å². The molecule has 1 amide bonds. The minimum atomic E-state index is -0.0527. The molecule has 1 heterocycles. The number of hydrogen-bond donors (Lipinski definition) is 3. The van der Waals surface area contributed by atoms with Gasteiger partial charge in [-0.25, -0.2) is 0 Å². The first kappa shape index (κ1) is 24.1. The van der Waals surface area contributed by atoms with Crippen LogP contribution in [0, 0.1) is 6.92 Å². The molecule has 7 nitrogen and oxygen atoms in total. The standard InChI is InChI=1S/C18H28BrN5O2.HI/c1-14-13-15(19)3-4-16(14)23-17(25)5-7-22-18(20)21-6-2-8-24-9-11-26-12-10-24;/h3-4,13H,2,5-12H2,1H3,(H,23,25)(H3,20,21,22);1H. The number of nitrogens with zero attached hydrogens (tertiary/aromatic N) is 2. The summed E-state index contributed by atoms with van der Waals surface area (Å²) >= 11 is 3.41. The van der Waals surface area contributed by atoms with Gasteiger partial charge in [-0.05, 0) is 37.1 Å². The van der Waals surface area contributed by atoms with Gasteiger partial charge in [0.2, 0.25) is 5.91 Å². The molecule has 2 rings (SSSR count). The normalized spacial score (nSPS) is 15.1. The van der Waals surface area contributed by atoms with Crippen molar-refractivity contribution in [1.82, 2.24) is 10.2 Å². The molecule has 0 spiro atoms. The smallest absolute Gasteiger partial charge is 0.226 e. The Morgan fingerprint density at radius 3 is 2.81 bits per heavy atom. The van der Waals surface area contributed by atoms with E-state index in [0.29, 0.717) is 25.5 Å². The molecule has 152 valence electrons. The Morgan fingerprint density at radius 1 is 1.37 bits per heavy atom. The second-order valence-corrected chi connectivity index (χ2v) is 7.17. The fourth-order valence-corrected chi connectivity index (χ4v) is 3.13. The number of rotatable bonds is 8. The highest BCUT2D eigenvalue weighted by molar-refractivity contribution is 14.0. The molecule has 27 heavy (non-hydrogen) atoms. The number of carbonyl (C=O) groups excluding carboxylic acids is 1. The van der Waals surface area contributed by atoms with Gasteiger partial charge >= 0.3 is 0 Å². The summed E-state index contributed by atoms with van der Waals surface area (Å²) in [5.74, 6) is 0.336. The zero-order valence-electron chi connectivity index (χ0n) is 15.7. The molecule has 0 aromatic heterocycles. The number of aliphatic imine (C=N–C) groups is 1. The molecule has 1 aliphatic rings. The number of benzene rings is 1. The van der Waals surface area contributed by atoms with Crippen molar-refractivity contribution in [1.29, 1.82) is 0 Å². The van der Waals surface area contributed by atoms with Crippen LogP contribution in [0.3, 0.4) is 0 Å². The number of ether oxygens (including phenoxy) is 1. The number of halogens is 2. The Kier molecular flexibility index (Phi) is 11.9. The van der Waals surface area contributed by atoms with E-state index in [0.717, 1.165) is 55.0 Å². The monoisotopic (exact) mass is 553 g/mol. The molecule has 9 heteroatoms. The number of morpholine rings is 1. The Morgan fingerprint density at radius 2 is 2.11 bits per heavy atom. The van der Waals surface area contributed by atoms with Crippen molar-refractivity contribution in [3.8, 4) is 0 Å². The molecule has 4 N–H and O–H groups in total. The van der Waals surface area contributed by atoms with Gasteiger partial charge < -0.3 is 21.1 Å². The molecule has 0 saturated carbocycles. The van der Waals surface area contributed by atoms with Gasteiger partial charge in [-0.1, -0.05) is 15.9 Å². The highest BCUT2D eigenvalue weighted by Gasteiger charge is 2.09. The largest absolute Gasteiger partial charge is 0.379 e. The van der Waals surface area contributed by atoms with E-state index in [4.69, 9.17) is 10.5 Å². The first-order chi connectivity index (χ1) is 12.5. The number of nitrogens with two attached hydrogens (primary N) is 1. The summed E-state index contributed by atoms with van der Waals surface area (Å²) < 4.78 is 6.32. The molecule has 0 radical (unpaired) electrons. The van der Waals surface area contributed by atoms with E-state index in [9.17, 15) is 4.79 Å². The van der Waals surface area contributed by atoms with Crippen LogP contribution in [0.1, 0.15) is 18.4 Å². The molecule has 1 fully saturated rings. The van der Waals surface area contributed by atoms with Gasteiger partial charge in [0.25, 0.3) is 0 Å². The Hall–Kier alpha value is -0.910. The summed E-state index contributed by atoms with van der Waals surface area (Å²) in [6.45, 7) is 7.72. The van der Waals surface area contributed by atoms with Crippen LogP contribution in [0.4, 0.5) is 5.69 Å². The zero-order chi connectivity index (χ0) is 18.8. The van der Waals surface area contributed by atoms with Gasteiger partial charge in [0, 0.05) is 49.3 Å². The molecular formula is C18H29BrIN5O2. The zero-order valence-corrected chi connectivity index (χ0v) is 19.6.